The number of nitrogens with zero attached hydrogens (tertiary/aromatic N) is 3. The molecule has 0 N–H and O–H groups in total. The van der Waals surface area contributed by atoms with Crippen molar-refractivity contribution in [2.24, 2.45) is 0 Å². The van der Waals surface area contributed by atoms with Gasteiger partial charge in [0.1, 0.15) is 6.04 Å². The number of sulfonamides is 1. The molecule has 0 spiro atoms. The zero-order valence-corrected chi connectivity index (χ0v) is 14.6. The van der Waals surface area contributed by atoms with Crippen molar-refractivity contribution in [3.8, 4) is 0 Å². The molecule has 2 aromatic rings. The number of sulfone groups is 1. The molecule has 1 aromatic carbocycles. The van der Waals surface area contributed by atoms with E-state index in [1.165, 1.54) is 4.31 Å². The lowest BCUT2D eigenvalue weighted by Gasteiger charge is -2.18. The third-order valence-corrected chi connectivity index (χ3v) is 6.50. The molecule has 0 unspecified atom stereocenters. The van der Waals surface area contributed by atoms with E-state index in [1.807, 2.05) is 0 Å². The first kappa shape index (κ1) is 17.1. The molecule has 2 heterocycles. The maximum atomic E-state index is 12.4. The van der Waals surface area contributed by atoms with Gasteiger partial charge in [-0.25, -0.2) is 16.8 Å². The second kappa shape index (κ2) is 6.26. The number of hydrogen-bond donors (Lipinski definition) is 0. The van der Waals surface area contributed by atoms with Crippen LogP contribution in [0.4, 0.5) is 0 Å². The highest BCUT2D eigenvalue weighted by atomic mass is 32.2. The monoisotopic (exact) mass is 371 g/mol. The Morgan fingerprint density at radius 2 is 1.88 bits per heavy atom. The van der Waals surface area contributed by atoms with E-state index in [0.29, 0.717) is 24.9 Å². The molecule has 1 aliphatic heterocycles. The predicted molar refractivity (Wildman–Crippen MR) is 85.2 cm³/mol. The summed E-state index contributed by atoms with van der Waals surface area (Å²) in [6.45, 7) is 0.359. The summed E-state index contributed by atoms with van der Waals surface area (Å²) in [6, 6.07) is 8.06. The molecule has 1 aromatic heterocycles. The summed E-state index contributed by atoms with van der Waals surface area (Å²) in [5, 5.41) is 6.90. The lowest BCUT2D eigenvalue weighted by Crippen LogP contribution is -2.29. The second-order valence-corrected chi connectivity index (χ2v) is 9.49. The minimum Gasteiger partial charge on any atom is -0.411 e. The topological polar surface area (TPSA) is 110 Å². The SMILES string of the molecule is CS(=O)(=O)N1CCC[C@H]1c1nnc(S(=O)(=O)Cc2ccccc2)o1. The Morgan fingerprint density at radius 3 is 2.54 bits per heavy atom. The van der Waals surface area contributed by atoms with Gasteiger partial charge in [-0.15, -0.1) is 5.10 Å². The summed E-state index contributed by atoms with van der Waals surface area (Å²) in [5.74, 6) is -0.236. The largest absolute Gasteiger partial charge is 0.411 e. The van der Waals surface area contributed by atoms with Crippen LogP contribution in [0.3, 0.4) is 0 Å². The highest BCUT2D eigenvalue weighted by Gasteiger charge is 2.37. The van der Waals surface area contributed by atoms with Crippen LogP contribution in [-0.2, 0) is 25.6 Å². The summed E-state index contributed by atoms with van der Waals surface area (Å²) in [5.41, 5.74) is 0.607. The Labute approximate surface area is 140 Å². The maximum Gasteiger partial charge on any atom is 0.335 e. The Bertz CT molecular complexity index is 922. The fraction of sp³-hybridized carbons (Fsp3) is 0.429. The van der Waals surface area contributed by atoms with Gasteiger partial charge in [-0.1, -0.05) is 35.4 Å². The molecule has 0 saturated carbocycles. The third-order valence-electron chi connectivity index (χ3n) is 3.80. The van der Waals surface area contributed by atoms with Gasteiger partial charge < -0.3 is 4.42 Å². The van der Waals surface area contributed by atoms with Crippen LogP contribution in [0, 0.1) is 0 Å². The standard InChI is InChI=1S/C14H17N3O5S2/c1-23(18,19)17-9-5-8-12(17)13-15-16-14(22-13)24(20,21)10-11-6-3-2-4-7-11/h2-4,6-7,12H,5,8-10H2,1H3/t12-/m0/s1. The zero-order chi connectivity index (χ0) is 17.4. The van der Waals surface area contributed by atoms with Crippen LogP contribution in [0.2, 0.25) is 0 Å². The van der Waals surface area contributed by atoms with Crippen LogP contribution in [0.15, 0.2) is 40.0 Å². The van der Waals surface area contributed by atoms with Gasteiger partial charge in [0.25, 0.3) is 0 Å². The normalized spacial score (nSPS) is 19.6. The Morgan fingerprint density at radius 1 is 1.17 bits per heavy atom. The molecule has 3 rings (SSSR count). The van der Waals surface area contributed by atoms with Crippen LogP contribution in [0.25, 0.3) is 0 Å². The second-order valence-electron chi connectivity index (χ2n) is 5.68. The molecule has 1 fully saturated rings. The molecule has 130 valence electrons. The van der Waals surface area contributed by atoms with E-state index < -0.39 is 31.1 Å². The highest BCUT2D eigenvalue weighted by Crippen LogP contribution is 2.33. The van der Waals surface area contributed by atoms with Gasteiger partial charge in [0, 0.05) is 6.54 Å². The van der Waals surface area contributed by atoms with E-state index in [0.717, 1.165) is 6.26 Å². The van der Waals surface area contributed by atoms with Crippen molar-refractivity contribution < 1.29 is 21.3 Å². The average molecular weight is 371 g/mol. The van der Waals surface area contributed by atoms with Crippen LogP contribution in [-0.4, -0.2) is 44.1 Å². The summed E-state index contributed by atoms with van der Waals surface area (Å²) in [6.07, 6.45) is 2.29. The number of aromatic nitrogens is 2. The smallest absolute Gasteiger partial charge is 0.335 e. The number of benzene rings is 1. The highest BCUT2D eigenvalue weighted by molar-refractivity contribution is 7.90. The quantitative estimate of drug-likeness (QED) is 0.775. The van der Waals surface area contributed by atoms with E-state index in [-0.39, 0.29) is 11.6 Å². The minimum atomic E-state index is -3.78. The van der Waals surface area contributed by atoms with Gasteiger partial charge in [0.2, 0.25) is 25.8 Å². The van der Waals surface area contributed by atoms with E-state index in [4.69, 9.17) is 4.42 Å². The molecule has 1 atom stereocenters. The van der Waals surface area contributed by atoms with Crippen molar-refractivity contribution in [2.75, 3.05) is 12.8 Å². The van der Waals surface area contributed by atoms with Crippen molar-refractivity contribution in [1.29, 1.82) is 0 Å². The van der Waals surface area contributed by atoms with E-state index in [1.54, 1.807) is 30.3 Å². The predicted octanol–water partition coefficient (Wildman–Crippen LogP) is 1.14. The lowest BCUT2D eigenvalue weighted by molar-refractivity contribution is 0.304. The lowest BCUT2D eigenvalue weighted by atomic mass is 10.2. The van der Waals surface area contributed by atoms with Crippen LogP contribution in [0.1, 0.15) is 30.3 Å². The Kier molecular flexibility index (Phi) is 4.45. The first-order valence-electron chi connectivity index (χ1n) is 7.34. The van der Waals surface area contributed by atoms with E-state index in [9.17, 15) is 16.8 Å². The molecule has 1 aliphatic rings. The van der Waals surface area contributed by atoms with Gasteiger partial charge in [-0.05, 0) is 18.4 Å². The van der Waals surface area contributed by atoms with Crippen molar-refractivity contribution >= 4 is 19.9 Å². The molecule has 1 saturated heterocycles. The fourth-order valence-electron chi connectivity index (χ4n) is 2.72. The minimum absolute atomic E-state index is 0.0181. The van der Waals surface area contributed by atoms with Gasteiger partial charge in [-0.2, -0.15) is 4.31 Å². The van der Waals surface area contributed by atoms with Crippen molar-refractivity contribution in [3.05, 3.63) is 41.8 Å². The van der Waals surface area contributed by atoms with Gasteiger partial charge in [0.05, 0.1) is 12.0 Å². The molecule has 0 radical (unpaired) electrons. The molecular formula is C14H17N3O5S2. The van der Waals surface area contributed by atoms with Crippen LogP contribution >= 0.6 is 0 Å². The van der Waals surface area contributed by atoms with Crippen molar-refractivity contribution in [2.45, 2.75) is 29.9 Å². The van der Waals surface area contributed by atoms with Gasteiger partial charge in [0.15, 0.2) is 0 Å². The third kappa shape index (κ3) is 3.50. The average Bonchev–Trinajstić information content (AvgIpc) is 3.16. The van der Waals surface area contributed by atoms with Crippen LogP contribution < -0.4 is 0 Å². The maximum absolute atomic E-state index is 12.4. The molecule has 0 bridgehead atoms. The first-order chi connectivity index (χ1) is 11.3. The summed E-state index contributed by atoms with van der Waals surface area (Å²) >= 11 is 0. The van der Waals surface area contributed by atoms with E-state index >= 15 is 0 Å². The van der Waals surface area contributed by atoms with Crippen LogP contribution in [0.5, 0.6) is 0 Å². The zero-order valence-electron chi connectivity index (χ0n) is 13.0. The summed E-state index contributed by atoms with van der Waals surface area (Å²) in [7, 11) is -7.20. The molecule has 8 nitrogen and oxygen atoms in total. The van der Waals surface area contributed by atoms with Crippen molar-refractivity contribution in [1.82, 2.24) is 14.5 Å². The molecule has 24 heavy (non-hydrogen) atoms. The molecule has 0 aliphatic carbocycles. The van der Waals surface area contributed by atoms with Gasteiger partial charge >= 0.3 is 5.22 Å². The molecule has 0 amide bonds. The Balaban J connectivity index is 1.85. The molecule has 10 heteroatoms. The van der Waals surface area contributed by atoms with Crippen molar-refractivity contribution in [3.63, 3.8) is 0 Å². The van der Waals surface area contributed by atoms with Gasteiger partial charge in [-0.3, -0.25) is 0 Å². The first-order valence-corrected chi connectivity index (χ1v) is 10.8. The van der Waals surface area contributed by atoms with E-state index in [2.05, 4.69) is 10.2 Å². The summed E-state index contributed by atoms with van der Waals surface area (Å²) in [4.78, 5) is 0. The number of hydrogen-bond acceptors (Lipinski definition) is 7. The number of rotatable bonds is 5. The Hall–Kier alpha value is -1.78. The molecular weight excluding hydrogens is 354 g/mol. The summed E-state index contributed by atoms with van der Waals surface area (Å²) < 4.78 is 54.9. The fourth-order valence-corrected chi connectivity index (χ4v) is 4.97.